The molecule has 0 aliphatic rings. The second-order valence-corrected chi connectivity index (χ2v) is 4.89. The molecule has 1 aromatic carbocycles. The summed E-state index contributed by atoms with van der Waals surface area (Å²) in [5.41, 5.74) is 2.70. The molecule has 0 bridgehead atoms. The monoisotopic (exact) mass is 273 g/mol. The minimum atomic E-state index is 0.533. The Labute approximate surface area is 113 Å². The number of aromatic nitrogens is 3. The smallest absolute Gasteiger partial charge is 0.223 e. The van der Waals surface area contributed by atoms with Crippen LogP contribution in [-0.2, 0) is 6.61 Å². The molecule has 2 heterocycles. The Morgan fingerprint density at radius 3 is 2.74 bits per heavy atom. The first-order valence-corrected chi connectivity index (χ1v) is 6.60. The van der Waals surface area contributed by atoms with Gasteiger partial charge >= 0.3 is 0 Å². The van der Waals surface area contributed by atoms with Crippen molar-refractivity contribution in [3.8, 4) is 17.1 Å². The van der Waals surface area contributed by atoms with E-state index < -0.39 is 0 Å². The van der Waals surface area contributed by atoms with Crippen molar-refractivity contribution in [2.24, 2.45) is 0 Å². The predicted molar refractivity (Wildman–Crippen MR) is 70.9 cm³/mol. The van der Waals surface area contributed by atoms with Crippen LogP contribution >= 0.6 is 11.3 Å². The summed E-state index contributed by atoms with van der Waals surface area (Å²) in [5.74, 6) is 1.95. The standard InChI is InChI=1S/C13H11N3O2S/c1-9-15-13(16-18-9)10-2-4-11(5-3-10)17-7-12-6-14-8-19-12/h2-6,8H,7H2,1H3. The van der Waals surface area contributed by atoms with Gasteiger partial charge in [-0.3, -0.25) is 4.98 Å². The molecule has 0 fully saturated rings. The van der Waals surface area contributed by atoms with Crippen molar-refractivity contribution in [3.05, 3.63) is 46.7 Å². The van der Waals surface area contributed by atoms with E-state index in [1.165, 1.54) is 0 Å². The van der Waals surface area contributed by atoms with Crippen LogP contribution in [0.1, 0.15) is 10.8 Å². The molecule has 5 nitrogen and oxygen atoms in total. The first-order chi connectivity index (χ1) is 9.31. The van der Waals surface area contributed by atoms with E-state index in [1.54, 1.807) is 30.0 Å². The molecule has 0 radical (unpaired) electrons. The van der Waals surface area contributed by atoms with Crippen molar-refractivity contribution in [2.75, 3.05) is 0 Å². The van der Waals surface area contributed by atoms with Crippen LogP contribution in [-0.4, -0.2) is 15.1 Å². The van der Waals surface area contributed by atoms with Crippen LogP contribution in [0.3, 0.4) is 0 Å². The Balaban J connectivity index is 1.69. The molecule has 96 valence electrons. The fraction of sp³-hybridized carbons (Fsp3) is 0.154. The zero-order chi connectivity index (χ0) is 13.1. The Bertz CT molecular complexity index is 647. The molecule has 2 aromatic heterocycles. The summed E-state index contributed by atoms with van der Waals surface area (Å²) in [7, 11) is 0. The third-order valence-corrected chi connectivity index (χ3v) is 3.26. The van der Waals surface area contributed by atoms with Gasteiger partial charge in [0.2, 0.25) is 11.7 Å². The molecule has 0 unspecified atom stereocenters. The lowest BCUT2D eigenvalue weighted by Crippen LogP contribution is -1.92. The number of hydrogen-bond acceptors (Lipinski definition) is 6. The van der Waals surface area contributed by atoms with E-state index in [-0.39, 0.29) is 0 Å². The topological polar surface area (TPSA) is 61.0 Å². The van der Waals surface area contributed by atoms with Gasteiger partial charge in [-0.1, -0.05) is 5.16 Å². The summed E-state index contributed by atoms with van der Waals surface area (Å²) in [4.78, 5) is 9.27. The number of nitrogens with zero attached hydrogens (tertiary/aromatic N) is 3. The molecule has 0 aliphatic carbocycles. The van der Waals surface area contributed by atoms with Crippen molar-refractivity contribution in [1.82, 2.24) is 15.1 Å². The highest BCUT2D eigenvalue weighted by molar-refractivity contribution is 7.09. The highest BCUT2D eigenvalue weighted by Crippen LogP contribution is 2.21. The quantitative estimate of drug-likeness (QED) is 0.731. The minimum absolute atomic E-state index is 0.533. The number of aryl methyl sites for hydroxylation is 1. The molecule has 3 rings (SSSR count). The Morgan fingerprint density at radius 2 is 2.11 bits per heavy atom. The van der Waals surface area contributed by atoms with Crippen molar-refractivity contribution in [2.45, 2.75) is 13.5 Å². The minimum Gasteiger partial charge on any atom is -0.488 e. The predicted octanol–water partition coefficient (Wildman–Crippen LogP) is 3.08. The van der Waals surface area contributed by atoms with Gasteiger partial charge in [0.25, 0.3) is 0 Å². The first-order valence-electron chi connectivity index (χ1n) is 5.72. The van der Waals surface area contributed by atoms with Crippen LogP contribution in [0.25, 0.3) is 11.4 Å². The number of hydrogen-bond donors (Lipinski definition) is 0. The van der Waals surface area contributed by atoms with Gasteiger partial charge in [-0.2, -0.15) is 4.98 Å². The van der Waals surface area contributed by atoms with E-state index in [0.717, 1.165) is 16.2 Å². The lowest BCUT2D eigenvalue weighted by atomic mass is 10.2. The van der Waals surface area contributed by atoms with E-state index in [0.29, 0.717) is 18.3 Å². The van der Waals surface area contributed by atoms with Crippen molar-refractivity contribution in [1.29, 1.82) is 0 Å². The van der Waals surface area contributed by atoms with Crippen LogP contribution < -0.4 is 4.74 Å². The molecule has 0 atom stereocenters. The molecule has 0 saturated heterocycles. The first kappa shape index (κ1) is 11.9. The summed E-state index contributed by atoms with van der Waals surface area (Å²) < 4.78 is 10.6. The molecule has 0 saturated carbocycles. The highest BCUT2D eigenvalue weighted by Gasteiger charge is 2.05. The molecule has 3 aromatic rings. The fourth-order valence-corrected chi connectivity index (χ4v) is 2.09. The van der Waals surface area contributed by atoms with E-state index in [2.05, 4.69) is 15.1 Å². The summed E-state index contributed by atoms with van der Waals surface area (Å²) in [6.45, 7) is 2.30. The summed E-state index contributed by atoms with van der Waals surface area (Å²) in [5, 5.41) is 3.87. The molecule has 6 heteroatoms. The third-order valence-electron chi connectivity index (χ3n) is 2.50. The fourth-order valence-electron chi connectivity index (χ4n) is 1.58. The van der Waals surface area contributed by atoms with E-state index >= 15 is 0 Å². The van der Waals surface area contributed by atoms with Crippen molar-refractivity contribution < 1.29 is 9.26 Å². The molecular weight excluding hydrogens is 262 g/mol. The lowest BCUT2D eigenvalue weighted by Gasteiger charge is -2.04. The van der Waals surface area contributed by atoms with Crippen LogP contribution in [0.5, 0.6) is 5.75 Å². The van der Waals surface area contributed by atoms with Crippen LogP contribution in [0, 0.1) is 6.92 Å². The van der Waals surface area contributed by atoms with Gasteiger partial charge in [-0.15, -0.1) is 11.3 Å². The largest absolute Gasteiger partial charge is 0.488 e. The SMILES string of the molecule is Cc1nc(-c2ccc(OCc3cncs3)cc2)no1. The summed E-state index contributed by atoms with van der Waals surface area (Å²) >= 11 is 1.58. The summed E-state index contributed by atoms with van der Waals surface area (Å²) in [6, 6.07) is 7.60. The number of rotatable bonds is 4. The zero-order valence-corrected chi connectivity index (χ0v) is 11.1. The van der Waals surface area contributed by atoms with Crippen LogP contribution in [0.15, 0.2) is 40.5 Å². The van der Waals surface area contributed by atoms with E-state index in [1.807, 2.05) is 24.3 Å². The molecular formula is C13H11N3O2S. The molecule has 0 spiro atoms. The van der Waals surface area contributed by atoms with E-state index in [4.69, 9.17) is 9.26 Å². The Hall–Kier alpha value is -2.21. The van der Waals surface area contributed by atoms with Gasteiger partial charge in [0.15, 0.2) is 0 Å². The van der Waals surface area contributed by atoms with Crippen molar-refractivity contribution >= 4 is 11.3 Å². The molecule has 0 amide bonds. The Morgan fingerprint density at radius 1 is 1.26 bits per heavy atom. The maximum atomic E-state index is 5.65. The van der Waals surface area contributed by atoms with Gasteiger partial charge in [-0.05, 0) is 24.3 Å². The van der Waals surface area contributed by atoms with Crippen molar-refractivity contribution in [3.63, 3.8) is 0 Å². The van der Waals surface area contributed by atoms with E-state index in [9.17, 15) is 0 Å². The van der Waals surface area contributed by atoms with Crippen LogP contribution in [0.2, 0.25) is 0 Å². The second-order valence-electron chi connectivity index (χ2n) is 3.92. The average Bonchev–Trinajstić information content (AvgIpc) is 3.08. The zero-order valence-electron chi connectivity index (χ0n) is 10.2. The number of benzene rings is 1. The second kappa shape index (κ2) is 5.19. The molecule has 0 N–H and O–H groups in total. The Kier molecular flexibility index (Phi) is 3.24. The van der Waals surface area contributed by atoms with Gasteiger partial charge < -0.3 is 9.26 Å². The molecule has 19 heavy (non-hydrogen) atoms. The van der Waals surface area contributed by atoms with Gasteiger partial charge in [0.05, 0.1) is 10.4 Å². The third kappa shape index (κ3) is 2.79. The number of thiazole rings is 1. The number of ether oxygens (including phenoxy) is 1. The van der Waals surface area contributed by atoms with Gasteiger partial charge in [0.1, 0.15) is 12.4 Å². The van der Waals surface area contributed by atoms with Gasteiger partial charge in [0, 0.05) is 18.7 Å². The normalized spacial score (nSPS) is 10.6. The maximum Gasteiger partial charge on any atom is 0.223 e. The lowest BCUT2D eigenvalue weighted by molar-refractivity contribution is 0.309. The molecule has 0 aliphatic heterocycles. The average molecular weight is 273 g/mol. The van der Waals surface area contributed by atoms with Crippen LogP contribution in [0.4, 0.5) is 0 Å². The highest BCUT2D eigenvalue weighted by atomic mass is 32.1. The van der Waals surface area contributed by atoms with Gasteiger partial charge in [-0.25, -0.2) is 0 Å². The summed E-state index contributed by atoms with van der Waals surface area (Å²) in [6.07, 6.45) is 1.81. The maximum absolute atomic E-state index is 5.65.